The lowest BCUT2D eigenvalue weighted by molar-refractivity contribution is 0.104. The summed E-state index contributed by atoms with van der Waals surface area (Å²) >= 11 is 3.43. The van der Waals surface area contributed by atoms with Gasteiger partial charge in [0.1, 0.15) is 34.2 Å². The van der Waals surface area contributed by atoms with E-state index < -0.39 is 5.60 Å². The Hall–Kier alpha value is -2.73. The van der Waals surface area contributed by atoms with Gasteiger partial charge in [-0.25, -0.2) is 0 Å². The van der Waals surface area contributed by atoms with Gasteiger partial charge in [-0.3, -0.25) is 4.79 Å². The maximum atomic E-state index is 12.9. The van der Waals surface area contributed by atoms with Crippen molar-refractivity contribution in [3.8, 4) is 23.0 Å². The van der Waals surface area contributed by atoms with Crippen LogP contribution in [0.2, 0.25) is 0 Å². The van der Waals surface area contributed by atoms with Crippen LogP contribution in [0.25, 0.3) is 12.2 Å². The number of allylic oxidation sites excluding steroid dienone is 1. The molecule has 0 amide bonds. The predicted octanol–water partition coefficient (Wildman–Crippen LogP) is 5.64. The van der Waals surface area contributed by atoms with Crippen molar-refractivity contribution in [1.82, 2.24) is 0 Å². The molecule has 2 aromatic rings. The van der Waals surface area contributed by atoms with E-state index >= 15 is 0 Å². The van der Waals surface area contributed by atoms with E-state index in [1.54, 1.807) is 18.2 Å². The molecule has 0 saturated heterocycles. The number of ketones is 1. The van der Waals surface area contributed by atoms with E-state index in [4.69, 9.17) is 14.2 Å². The molecule has 0 radical (unpaired) electrons. The summed E-state index contributed by atoms with van der Waals surface area (Å²) in [5, 5.41) is 10.8. The van der Waals surface area contributed by atoms with Crippen molar-refractivity contribution in [2.24, 2.45) is 0 Å². The van der Waals surface area contributed by atoms with Gasteiger partial charge in [-0.2, -0.15) is 0 Å². The SMILES string of the molecule is CCOc1ccc(Br)cc1/C=C/C(=O)c1c(OC)cc2c(c1O)C=CC(C)(C)O2. The van der Waals surface area contributed by atoms with Crippen molar-refractivity contribution < 1.29 is 24.1 Å². The highest BCUT2D eigenvalue weighted by molar-refractivity contribution is 9.10. The number of phenolic OH excluding ortho intramolecular Hbond substituents is 1. The molecule has 6 heteroatoms. The van der Waals surface area contributed by atoms with Crippen LogP contribution in [0, 0.1) is 0 Å². The van der Waals surface area contributed by atoms with Gasteiger partial charge >= 0.3 is 0 Å². The van der Waals surface area contributed by atoms with Crippen LogP contribution < -0.4 is 14.2 Å². The number of phenols is 1. The Morgan fingerprint density at radius 3 is 2.72 bits per heavy atom. The summed E-state index contributed by atoms with van der Waals surface area (Å²) in [7, 11) is 1.45. The zero-order valence-corrected chi connectivity index (χ0v) is 18.4. The van der Waals surface area contributed by atoms with E-state index in [0.717, 1.165) is 10.0 Å². The van der Waals surface area contributed by atoms with Crippen molar-refractivity contribution in [1.29, 1.82) is 0 Å². The topological polar surface area (TPSA) is 65.0 Å². The zero-order valence-electron chi connectivity index (χ0n) is 16.8. The van der Waals surface area contributed by atoms with Gasteiger partial charge in [0, 0.05) is 16.1 Å². The van der Waals surface area contributed by atoms with Crippen molar-refractivity contribution in [3.63, 3.8) is 0 Å². The minimum Gasteiger partial charge on any atom is -0.506 e. The molecule has 0 aromatic heterocycles. The fraction of sp³-hybridized carbons (Fsp3) is 0.261. The summed E-state index contributed by atoms with van der Waals surface area (Å²) in [4.78, 5) is 12.9. The van der Waals surface area contributed by atoms with Gasteiger partial charge in [-0.1, -0.05) is 15.9 Å². The molecule has 152 valence electrons. The summed E-state index contributed by atoms with van der Waals surface area (Å²) in [5.41, 5.74) is 0.783. The number of benzene rings is 2. The van der Waals surface area contributed by atoms with Crippen LogP contribution in [0.15, 0.2) is 40.9 Å². The highest BCUT2D eigenvalue weighted by Crippen LogP contribution is 2.43. The van der Waals surface area contributed by atoms with Crippen molar-refractivity contribution in [2.75, 3.05) is 13.7 Å². The molecule has 0 saturated carbocycles. The molecule has 0 atom stereocenters. The summed E-state index contributed by atoms with van der Waals surface area (Å²) < 4.78 is 17.7. The number of aromatic hydroxyl groups is 1. The fourth-order valence-electron chi connectivity index (χ4n) is 3.07. The molecule has 0 unspecified atom stereocenters. The zero-order chi connectivity index (χ0) is 21.2. The van der Waals surface area contributed by atoms with E-state index in [0.29, 0.717) is 23.7 Å². The van der Waals surface area contributed by atoms with E-state index in [9.17, 15) is 9.90 Å². The number of fused-ring (bicyclic) bond motifs is 1. The molecule has 0 spiro atoms. The minimum atomic E-state index is -0.508. The summed E-state index contributed by atoms with van der Waals surface area (Å²) in [6, 6.07) is 7.19. The van der Waals surface area contributed by atoms with Crippen LogP contribution in [0.4, 0.5) is 0 Å². The van der Waals surface area contributed by atoms with E-state index in [1.165, 1.54) is 13.2 Å². The van der Waals surface area contributed by atoms with Crippen molar-refractivity contribution in [2.45, 2.75) is 26.4 Å². The lowest BCUT2D eigenvalue weighted by Gasteiger charge is -2.29. The Morgan fingerprint density at radius 2 is 2.03 bits per heavy atom. The average Bonchev–Trinajstić information content (AvgIpc) is 2.66. The summed E-state index contributed by atoms with van der Waals surface area (Å²) in [5.74, 6) is 0.835. The van der Waals surface area contributed by atoms with Gasteiger partial charge < -0.3 is 19.3 Å². The van der Waals surface area contributed by atoms with Crippen LogP contribution in [-0.2, 0) is 0 Å². The van der Waals surface area contributed by atoms with Gasteiger partial charge in [0.2, 0.25) is 0 Å². The maximum absolute atomic E-state index is 12.9. The number of methoxy groups -OCH3 is 1. The number of carbonyl (C=O) groups is 1. The number of hydrogen-bond donors (Lipinski definition) is 1. The molecule has 1 aliphatic rings. The first-order valence-corrected chi connectivity index (χ1v) is 10.0. The smallest absolute Gasteiger partial charge is 0.193 e. The average molecular weight is 459 g/mol. The molecular formula is C23H23BrO5. The Balaban J connectivity index is 2.00. The van der Waals surface area contributed by atoms with Crippen molar-refractivity contribution >= 4 is 33.9 Å². The number of hydrogen-bond acceptors (Lipinski definition) is 5. The Bertz CT molecular complexity index is 1000. The molecule has 2 aromatic carbocycles. The third kappa shape index (κ3) is 4.48. The van der Waals surface area contributed by atoms with Crippen LogP contribution in [0.5, 0.6) is 23.0 Å². The van der Waals surface area contributed by atoms with Crippen LogP contribution >= 0.6 is 15.9 Å². The molecular weight excluding hydrogens is 436 g/mol. The first-order valence-electron chi connectivity index (χ1n) is 9.22. The molecule has 0 bridgehead atoms. The highest BCUT2D eigenvalue weighted by atomic mass is 79.9. The molecule has 1 aliphatic heterocycles. The van der Waals surface area contributed by atoms with Gasteiger partial charge in [-0.05, 0) is 63.3 Å². The van der Waals surface area contributed by atoms with E-state index in [1.807, 2.05) is 45.0 Å². The molecule has 3 rings (SSSR count). The standard InChI is InChI=1S/C23H23BrO5/c1-5-28-18-9-7-15(24)12-14(18)6-8-17(25)21-20(27-4)13-19-16(22(21)26)10-11-23(2,3)29-19/h6-13,26H,5H2,1-4H3/b8-6+. The predicted molar refractivity (Wildman–Crippen MR) is 117 cm³/mol. The lowest BCUT2D eigenvalue weighted by Crippen LogP contribution is -2.27. The van der Waals surface area contributed by atoms with Gasteiger partial charge in [0.25, 0.3) is 0 Å². The second-order valence-electron chi connectivity index (χ2n) is 7.07. The van der Waals surface area contributed by atoms with Crippen LogP contribution in [0.1, 0.15) is 42.3 Å². The normalized spacial score (nSPS) is 14.4. The molecule has 0 fully saturated rings. The number of ether oxygens (including phenoxy) is 3. The first kappa shape index (κ1) is 21.0. The minimum absolute atomic E-state index is 0.0865. The van der Waals surface area contributed by atoms with Gasteiger partial charge in [-0.15, -0.1) is 0 Å². The van der Waals surface area contributed by atoms with Crippen LogP contribution in [-0.4, -0.2) is 30.2 Å². The first-order chi connectivity index (χ1) is 13.8. The molecule has 5 nitrogen and oxygen atoms in total. The number of halogens is 1. The van der Waals surface area contributed by atoms with Crippen molar-refractivity contribution in [3.05, 3.63) is 57.6 Å². The maximum Gasteiger partial charge on any atom is 0.193 e. The number of carbonyl (C=O) groups excluding carboxylic acids is 1. The Kier molecular flexibility index (Phi) is 6.03. The second-order valence-corrected chi connectivity index (χ2v) is 7.98. The third-order valence-corrected chi connectivity index (χ3v) is 4.94. The molecule has 29 heavy (non-hydrogen) atoms. The fourth-order valence-corrected chi connectivity index (χ4v) is 3.45. The number of rotatable bonds is 6. The quantitative estimate of drug-likeness (QED) is 0.447. The molecule has 1 heterocycles. The summed E-state index contributed by atoms with van der Waals surface area (Å²) in [6.07, 6.45) is 6.65. The summed E-state index contributed by atoms with van der Waals surface area (Å²) in [6.45, 7) is 6.23. The van der Waals surface area contributed by atoms with Gasteiger partial charge in [0.05, 0.1) is 19.3 Å². The monoisotopic (exact) mass is 458 g/mol. The second kappa shape index (κ2) is 8.33. The molecule has 0 aliphatic carbocycles. The highest BCUT2D eigenvalue weighted by Gasteiger charge is 2.28. The van der Waals surface area contributed by atoms with E-state index in [2.05, 4.69) is 15.9 Å². The largest absolute Gasteiger partial charge is 0.506 e. The Morgan fingerprint density at radius 1 is 1.28 bits per heavy atom. The third-order valence-electron chi connectivity index (χ3n) is 4.44. The molecule has 1 N–H and O–H groups in total. The lowest BCUT2D eigenvalue weighted by atomic mass is 9.97. The van der Waals surface area contributed by atoms with Gasteiger partial charge in [0.15, 0.2) is 5.78 Å². The van der Waals surface area contributed by atoms with E-state index in [-0.39, 0.29) is 22.8 Å². The van der Waals surface area contributed by atoms with Crippen LogP contribution in [0.3, 0.4) is 0 Å². The Labute approximate surface area is 178 Å².